The van der Waals surface area contributed by atoms with Crippen LogP contribution >= 0.6 is 11.8 Å². The molecule has 18 heavy (non-hydrogen) atoms. The summed E-state index contributed by atoms with van der Waals surface area (Å²) in [7, 11) is 5.96. The van der Waals surface area contributed by atoms with Crippen molar-refractivity contribution in [3.05, 3.63) is 0 Å². The van der Waals surface area contributed by atoms with E-state index in [1.807, 2.05) is 0 Å². The molecule has 98 valence electrons. The molecule has 0 aromatic rings. The summed E-state index contributed by atoms with van der Waals surface area (Å²) in [5, 5.41) is 2.97. The molecule has 1 heterocycles. The summed E-state index contributed by atoms with van der Waals surface area (Å²) in [5.41, 5.74) is 0. The van der Waals surface area contributed by atoms with Gasteiger partial charge < -0.3 is 0 Å². The fraction of sp³-hybridized carbons (Fsp3) is 0.846. The SMILES string of the molecule is [B]C1CCCC(SC2CCC(=O)NC2=O)CCC1. The molecular weight excluding hydrogens is 245 g/mol. The number of carbonyl (C=O) groups excluding carboxylic acids is 2. The van der Waals surface area contributed by atoms with Crippen molar-refractivity contribution in [2.45, 2.75) is 67.7 Å². The Morgan fingerprint density at radius 2 is 1.72 bits per heavy atom. The van der Waals surface area contributed by atoms with Crippen LogP contribution in [0.5, 0.6) is 0 Å². The van der Waals surface area contributed by atoms with Gasteiger partial charge in [0.05, 0.1) is 13.1 Å². The van der Waals surface area contributed by atoms with Crippen LogP contribution in [0.3, 0.4) is 0 Å². The van der Waals surface area contributed by atoms with E-state index in [-0.39, 0.29) is 17.1 Å². The molecule has 1 unspecified atom stereocenters. The lowest BCUT2D eigenvalue weighted by Crippen LogP contribution is -2.43. The van der Waals surface area contributed by atoms with Crippen molar-refractivity contribution in [1.29, 1.82) is 0 Å². The van der Waals surface area contributed by atoms with E-state index >= 15 is 0 Å². The molecule has 5 heteroatoms. The Labute approximate surface area is 114 Å². The lowest BCUT2D eigenvalue weighted by Gasteiger charge is -2.27. The van der Waals surface area contributed by atoms with E-state index < -0.39 is 0 Å². The number of imide groups is 1. The highest BCUT2D eigenvalue weighted by Crippen LogP contribution is 2.34. The number of rotatable bonds is 2. The van der Waals surface area contributed by atoms with Gasteiger partial charge >= 0.3 is 0 Å². The molecule has 3 nitrogen and oxygen atoms in total. The molecule has 2 fully saturated rings. The highest BCUT2D eigenvalue weighted by Gasteiger charge is 2.29. The maximum Gasteiger partial charge on any atom is 0.239 e. The molecule has 2 amide bonds. The van der Waals surface area contributed by atoms with Gasteiger partial charge in [-0.15, -0.1) is 11.8 Å². The highest BCUT2D eigenvalue weighted by atomic mass is 32.2. The number of hydrogen-bond acceptors (Lipinski definition) is 3. The summed E-state index contributed by atoms with van der Waals surface area (Å²) >= 11 is 1.77. The Kier molecular flexibility index (Phi) is 5.16. The number of amides is 2. The summed E-state index contributed by atoms with van der Waals surface area (Å²) in [6, 6.07) is 0. The van der Waals surface area contributed by atoms with Crippen molar-refractivity contribution < 1.29 is 9.59 Å². The van der Waals surface area contributed by atoms with Gasteiger partial charge in [-0.1, -0.05) is 31.5 Å². The first kappa shape index (κ1) is 14.0. The predicted octanol–water partition coefficient (Wildman–Crippen LogP) is 2.20. The summed E-state index contributed by atoms with van der Waals surface area (Å²) < 4.78 is 0. The third-order valence-corrected chi connectivity index (χ3v) is 5.38. The molecule has 1 atom stereocenters. The largest absolute Gasteiger partial charge is 0.295 e. The van der Waals surface area contributed by atoms with Gasteiger partial charge in [0, 0.05) is 11.7 Å². The molecule has 1 aliphatic carbocycles. The van der Waals surface area contributed by atoms with Crippen LogP contribution in [0.1, 0.15) is 51.4 Å². The average Bonchev–Trinajstić information content (AvgIpc) is 2.29. The Morgan fingerprint density at radius 1 is 1.06 bits per heavy atom. The van der Waals surface area contributed by atoms with E-state index in [2.05, 4.69) is 5.32 Å². The minimum Gasteiger partial charge on any atom is -0.295 e. The smallest absolute Gasteiger partial charge is 0.239 e. The maximum atomic E-state index is 11.7. The van der Waals surface area contributed by atoms with Crippen molar-refractivity contribution in [2.75, 3.05) is 0 Å². The van der Waals surface area contributed by atoms with Gasteiger partial charge in [0.25, 0.3) is 0 Å². The zero-order valence-corrected chi connectivity index (χ0v) is 11.5. The fourth-order valence-corrected chi connectivity index (χ4v) is 4.18. The minimum atomic E-state index is -0.125. The van der Waals surface area contributed by atoms with Gasteiger partial charge in [-0.05, 0) is 19.3 Å². The summed E-state index contributed by atoms with van der Waals surface area (Å²) in [4.78, 5) is 22.8. The molecule has 0 spiro atoms. The van der Waals surface area contributed by atoms with Gasteiger partial charge in [0.2, 0.25) is 11.8 Å². The fourth-order valence-electron chi connectivity index (χ4n) is 2.68. The first-order valence-corrected chi connectivity index (χ1v) is 7.84. The molecule has 2 radical (unpaired) electrons. The van der Waals surface area contributed by atoms with Gasteiger partial charge in [-0.2, -0.15) is 0 Å². The first-order valence-electron chi connectivity index (χ1n) is 6.90. The van der Waals surface area contributed by atoms with E-state index in [0.717, 1.165) is 38.5 Å². The number of nitrogens with one attached hydrogen (secondary N) is 1. The number of thioether (sulfide) groups is 1. The molecule has 2 rings (SSSR count). The topological polar surface area (TPSA) is 46.2 Å². The van der Waals surface area contributed by atoms with E-state index in [4.69, 9.17) is 7.85 Å². The molecule has 2 aliphatic rings. The zero-order valence-electron chi connectivity index (χ0n) is 10.7. The van der Waals surface area contributed by atoms with Gasteiger partial charge in [-0.25, -0.2) is 0 Å². The standard InChI is InChI=1S/C13H20BNO2S/c14-9-3-1-5-10(6-2-4-9)18-11-7-8-12(16)15-13(11)17/h9-11H,1-8H2,(H,15,16,17). The van der Waals surface area contributed by atoms with Gasteiger partial charge in [-0.3, -0.25) is 14.9 Å². The Hall–Kier alpha value is -0.445. The summed E-state index contributed by atoms with van der Waals surface area (Å²) in [6.45, 7) is 0. The highest BCUT2D eigenvalue weighted by molar-refractivity contribution is 8.01. The average molecular weight is 265 g/mol. The Balaban J connectivity index is 1.81. The van der Waals surface area contributed by atoms with Crippen LogP contribution in [-0.2, 0) is 9.59 Å². The third kappa shape index (κ3) is 4.04. The first-order chi connectivity index (χ1) is 8.65. The third-order valence-electron chi connectivity index (χ3n) is 3.75. The quantitative estimate of drug-likeness (QED) is 0.615. The van der Waals surface area contributed by atoms with Crippen LogP contribution in [-0.4, -0.2) is 30.2 Å². The lowest BCUT2D eigenvalue weighted by atomic mass is 9.77. The van der Waals surface area contributed by atoms with Crippen LogP contribution in [0.15, 0.2) is 0 Å². The number of hydrogen-bond donors (Lipinski definition) is 1. The molecule has 0 aromatic heterocycles. The van der Waals surface area contributed by atoms with Gasteiger partial charge in [0.15, 0.2) is 0 Å². The lowest BCUT2D eigenvalue weighted by molar-refractivity contribution is -0.132. The maximum absolute atomic E-state index is 11.7. The second-order valence-corrected chi connectivity index (χ2v) is 6.83. The Morgan fingerprint density at radius 3 is 2.33 bits per heavy atom. The van der Waals surface area contributed by atoms with Crippen molar-refractivity contribution in [3.8, 4) is 0 Å². The van der Waals surface area contributed by atoms with Crippen molar-refractivity contribution in [3.63, 3.8) is 0 Å². The van der Waals surface area contributed by atoms with E-state index in [0.29, 0.717) is 23.9 Å². The summed E-state index contributed by atoms with van der Waals surface area (Å²) in [6.07, 6.45) is 8.01. The molecule has 1 saturated carbocycles. The monoisotopic (exact) mass is 265 g/mol. The van der Waals surface area contributed by atoms with E-state index in [1.165, 1.54) is 0 Å². The van der Waals surface area contributed by atoms with Crippen LogP contribution in [0.4, 0.5) is 0 Å². The van der Waals surface area contributed by atoms with Crippen LogP contribution in [0, 0.1) is 0 Å². The molecule has 0 bridgehead atoms. The van der Waals surface area contributed by atoms with Gasteiger partial charge in [0.1, 0.15) is 0 Å². The molecule has 1 aliphatic heterocycles. The second-order valence-electron chi connectivity index (χ2n) is 5.32. The van der Waals surface area contributed by atoms with Crippen LogP contribution in [0.25, 0.3) is 0 Å². The molecule has 1 saturated heterocycles. The van der Waals surface area contributed by atoms with Crippen LogP contribution in [0.2, 0.25) is 5.82 Å². The van der Waals surface area contributed by atoms with Crippen molar-refractivity contribution in [2.24, 2.45) is 0 Å². The van der Waals surface area contributed by atoms with Crippen molar-refractivity contribution in [1.82, 2.24) is 5.32 Å². The molecule has 1 N–H and O–H groups in total. The zero-order chi connectivity index (χ0) is 13.0. The van der Waals surface area contributed by atoms with Crippen molar-refractivity contribution >= 4 is 31.4 Å². The minimum absolute atomic E-state index is 0.0270. The van der Waals surface area contributed by atoms with Crippen LogP contribution < -0.4 is 5.32 Å². The second kappa shape index (κ2) is 6.64. The number of carbonyl (C=O) groups is 2. The molecular formula is C13H20BNO2S. The summed E-state index contributed by atoms with van der Waals surface area (Å²) in [5.74, 6) is 0.155. The predicted molar refractivity (Wildman–Crippen MR) is 74.8 cm³/mol. The van der Waals surface area contributed by atoms with E-state index in [1.54, 1.807) is 11.8 Å². The Bertz CT molecular complexity index is 314. The molecule has 0 aromatic carbocycles. The normalized spacial score (nSPS) is 34.6. The number of piperidine rings is 1. The van der Waals surface area contributed by atoms with E-state index in [9.17, 15) is 9.59 Å².